The van der Waals surface area contributed by atoms with Crippen LogP contribution in [-0.2, 0) is 11.4 Å². The van der Waals surface area contributed by atoms with Gasteiger partial charge in [0.1, 0.15) is 18.1 Å². The molecule has 1 heterocycles. The summed E-state index contributed by atoms with van der Waals surface area (Å²) in [7, 11) is 1.61. The predicted octanol–water partition coefficient (Wildman–Crippen LogP) is 3.89. The summed E-state index contributed by atoms with van der Waals surface area (Å²) in [6.07, 6.45) is 0.356. The van der Waals surface area contributed by atoms with Gasteiger partial charge in [-0.15, -0.1) is 0 Å². The molecule has 3 aromatic rings. The van der Waals surface area contributed by atoms with Crippen LogP contribution in [0.15, 0.2) is 72.8 Å². The number of carbonyl (C=O) groups excluding carboxylic acids is 2. The number of hydrogen-bond acceptors (Lipinski definition) is 4. The molecule has 2 amide bonds. The summed E-state index contributed by atoms with van der Waals surface area (Å²) in [5.74, 6) is 0.838. The Labute approximate surface area is 181 Å². The summed E-state index contributed by atoms with van der Waals surface area (Å²) in [6, 6.07) is 22.5. The summed E-state index contributed by atoms with van der Waals surface area (Å²) in [4.78, 5) is 26.0. The first-order valence-electron chi connectivity index (χ1n) is 10.1. The molecule has 6 nitrogen and oxygen atoms in total. The normalized spacial score (nSPS) is 15.7. The second-order valence-electron chi connectivity index (χ2n) is 7.50. The minimum atomic E-state index is -0.517. The third-order valence-electron chi connectivity index (χ3n) is 5.47. The third kappa shape index (κ3) is 4.53. The van der Waals surface area contributed by atoms with E-state index in [1.807, 2.05) is 54.6 Å². The SMILES string of the molecule is COc1ccc(C2CC(=O)N(c3cccc(C(N)=O)c3)C2)c(OCc2ccccc2)c1. The van der Waals surface area contributed by atoms with E-state index in [0.29, 0.717) is 42.3 Å². The van der Waals surface area contributed by atoms with E-state index in [1.165, 1.54) is 0 Å². The Kier molecular flexibility index (Phi) is 5.89. The van der Waals surface area contributed by atoms with Gasteiger partial charge < -0.3 is 20.1 Å². The first-order chi connectivity index (χ1) is 15.0. The van der Waals surface area contributed by atoms with Crippen molar-refractivity contribution >= 4 is 17.5 Å². The van der Waals surface area contributed by atoms with Crippen LogP contribution in [0.3, 0.4) is 0 Å². The number of primary amides is 1. The van der Waals surface area contributed by atoms with Crippen LogP contribution in [0.1, 0.15) is 33.8 Å². The van der Waals surface area contributed by atoms with Crippen molar-refractivity contribution in [1.82, 2.24) is 0 Å². The molecule has 6 heteroatoms. The van der Waals surface area contributed by atoms with Crippen LogP contribution >= 0.6 is 0 Å². The van der Waals surface area contributed by atoms with E-state index in [4.69, 9.17) is 15.2 Å². The smallest absolute Gasteiger partial charge is 0.248 e. The second-order valence-corrected chi connectivity index (χ2v) is 7.50. The zero-order chi connectivity index (χ0) is 21.8. The van der Waals surface area contributed by atoms with Crippen molar-refractivity contribution in [3.63, 3.8) is 0 Å². The average Bonchev–Trinajstić information content (AvgIpc) is 3.19. The molecule has 1 saturated heterocycles. The maximum absolute atomic E-state index is 12.8. The molecule has 1 aliphatic heterocycles. The molecular formula is C25H24N2O4. The minimum absolute atomic E-state index is 0.00329. The van der Waals surface area contributed by atoms with Gasteiger partial charge in [-0.3, -0.25) is 9.59 Å². The molecule has 0 aromatic heterocycles. The molecule has 1 fully saturated rings. The molecule has 0 bridgehead atoms. The van der Waals surface area contributed by atoms with E-state index in [-0.39, 0.29) is 11.8 Å². The summed E-state index contributed by atoms with van der Waals surface area (Å²) >= 11 is 0. The van der Waals surface area contributed by atoms with Crippen molar-refractivity contribution in [3.05, 3.63) is 89.5 Å². The van der Waals surface area contributed by atoms with Gasteiger partial charge in [0.2, 0.25) is 11.8 Å². The van der Waals surface area contributed by atoms with Gasteiger partial charge in [-0.05, 0) is 35.4 Å². The second kappa shape index (κ2) is 8.92. The number of ether oxygens (including phenoxy) is 2. The molecule has 31 heavy (non-hydrogen) atoms. The molecule has 1 unspecified atom stereocenters. The number of benzene rings is 3. The molecule has 4 rings (SSSR count). The largest absolute Gasteiger partial charge is 0.497 e. The summed E-state index contributed by atoms with van der Waals surface area (Å²) in [5, 5.41) is 0. The lowest BCUT2D eigenvalue weighted by Gasteiger charge is -2.19. The number of hydrogen-bond donors (Lipinski definition) is 1. The first kappa shape index (κ1) is 20.5. The van der Waals surface area contributed by atoms with Crippen molar-refractivity contribution in [3.8, 4) is 11.5 Å². The molecule has 0 spiro atoms. The van der Waals surface area contributed by atoms with Gasteiger partial charge in [0.05, 0.1) is 7.11 Å². The minimum Gasteiger partial charge on any atom is -0.497 e. The fourth-order valence-electron chi connectivity index (χ4n) is 3.83. The highest BCUT2D eigenvalue weighted by atomic mass is 16.5. The average molecular weight is 416 g/mol. The van der Waals surface area contributed by atoms with E-state index in [9.17, 15) is 9.59 Å². The van der Waals surface area contributed by atoms with Gasteiger partial charge in [0, 0.05) is 36.2 Å². The number of nitrogens with zero attached hydrogens (tertiary/aromatic N) is 1. The maximum Gasteiger partial charge on any atom is 0.248 e. The van der Waals surface area contributed by atoms with Crippen LogP contribution < -0.4 is 20.1 Å². The molecule has 1 aliphatic rings. The van der Waals surface area contributed by atoms with Crippen molar-refractivity contribution < 1.29 is 19.1 Å². The Hall–Kier alpha value is -3.80. The number of amides is 2. The van der Waals surface area contributed by atoms with Crippen LogP contribution in [0.25, 0.3) is 0 Å². The van der Waals surface area contributed by atoms with E-state index < -0.39 is 5.91 Å². The Morgan fingerprint density at radius 3 is 2.61 bits per heavy atom. The van der Waals surface area contributed by atoms with Gasteiger partial charge in [0.25, 0.3) is 0 Å². The van der Waals surface area contributed by atoms with Crippen LogP contribution in [0.2, 0.25) is 0 Å². The number of methoxy groups -OCH3 is 1. The number of rotatable bonds is 7. The lowest BCUT2D eigenvalue weighted by atomic mass is 9.97. The van der Waals surface area contributed by atoms with Crippen molar-refractivity contribution in [2.45, 2.75) is 18.9 Å². The highest BCUT2D eigenvalue weighted by molar-refractivity contribution is 5.99. The zero-order valence-corrected chi connectivity index (χ0v) is 17.3. The molecular weight excluding hydrogens is 392 g/mol. The van der Waals surface area contributed by atoms with Gasteiger partial charge in [-0.25, -0.2) is 0 Å². The van der Waals surface area contributed by atoms with Crippen molar-refractivity contribution in [2.24, 2.45) is 5.73 Å². The summed E-state index contributed by atoms with van der Waals surface area (Å²) < 4.78 is 11.5. The van der Waals surface area contributed by atoms with Crippen LogP contribution in [0, 0.1) is 0 Å². The zero-order valence-electron chi connectivity index (χ0n) is 17.3. The molecule has 0 aliphatic carbocycles. The van der Waals surface area contributed by atoms with Gasteiger partial charge >= 0.3 is 0 Å². The number of carbonyl (C=O) groups is 2. The topological polar surface area (TPSA) is 81.9 Å². The number of nitrogens with two attached hydrogens (primary N) is 1. The molecule has 1 atom stereocenters. The first-order valence-corrected chi connectivity index (χ1v) is 10.1. The molecule has 158 valence electrons. The quantitative estimate of drug-likeness (QED) is 0.633. The van der Waals surface area contributed by atoms with Crippen LogP contribution in [0.5, 0.6) is 11.5 Å². The molecule has 2 N–H and O–H groups in total. The molecule has 0 saturated carbocycles. The molecule has 3 aromatic carbocycles. The fraction of sp³-hybridized carbons (Fsp3) is 0.200. The fourth-order valence-corrected chi connectivity index (χ4v) is 3.83. The van der Waals surface area contributed by atoms with Gasteiger partial charge in [0.15, 0.2) is 0 Å². The Morgan fingerprint density at radius 1 is 1.06 bits per heavy atom. The lowest BCUT2D eigenvalue weighted by molar-refractivity contribution is -0.117. The van der Waals surface area contributed by atoms with E-state index in [1.54, 1.807) is 30.2 Å². The van der Waals surface area contributed by atoms with E-state index in [2.05, 4.69) is 0 Å². The van der Waals surface area contributed by atoms with Crippen molar-refractivity contribution in [1.29, 1.82) is 0 Å². The maximum atomic E-state index is 12.8. The highest BCUT2D eigenvalue weighted by Crippen LogP contribution is 2.38. The molecule has 0 radical (unpaired) electrons. The Morgan fingerprint density at radius 2 is 1.87 bits per heavy atom. The standard InChI is InChI=1S/C25H24N2O4/c1-30-21-10-11-22(23(14-21)31-16-17-6-3-2-4-7-17)19-13-24(28)27(15-19)20-9-5-8-18(12-20)25(26)29/h2-12,14,19H,13,15-16H2,1H3,(H2,26,29). The van der Waals surface area contributed by atoms with Crippen molar-refractivity contribution in [2.75, 3.05) is 18.6 Å². The van der Waals surface area contributed by atoms with Crippen LogP contribution in [0.4, 0.5) is 5.69 Å². The summed E-state index contributed by atoms with van der Waals surface area (Å²) in [6.45, 7) is 0.918. The lowest BCUT2D eigenvalue weighted by Crippen LogP contribution is -2.25. The van der Waals surface area contributed by atoms with Gasteiger partial charge in [-0.2, -0.15) is 0 Å². The van der Waals surface area contributed by atoms with E-state index >= 15 is 0 Å². The third-order valence-corrected chi connectivity index (χ3v) is 5.47. The highest BCUT2D eigenvalue weighted by Gasteiger charge is 2.33. The van der Waals surface area contributed by atoms with E-state index in [0.717, 1.165) is 11.1 Å². The predicted molar refractivity (Wildman–Crippen MR) is 118 cm³/mol. The van der Waals surface area contributed by atoms with Crippen LogP contribution in [-0.4, -0.2) is 25.5 Å². The number of anilines is 1. The Balaban J connectivity index is 1.58. The summed E-state index contributed by atoms with van der Waals surface area (Å²) in [5.41, 5.74) is 8.46. The Bertz CT molecular complexity index is 1100. The monoisotopic (exact) mass is 416 g/mol. The van der Waals surface area contributed by atoms with Gasteiger partial charge in [-0.1, -0.05) is 42.5 Å².